The van der Waals surface area contributed by atoms with Crippen molar-refractivity contribution >= 4 is 5.97 Å². The Hall–Kier alpha value is -1.57. The average Bonchev–Trinajstić information content (AvgIpc) is 2.62. The smallest absolute Gasteiger partial charge is 0.303 e. The molecule has 26 heavy (non-hydrogen) atoms. The van der Waals surface area contributed by atoms with Gasteiger partial charge in [-0.2, -0.15) is 0 Å². The number of carbonyl (C=O) groups is 1. The molecule has 0 rings (SSSR count). The molecule has 0 fully saturated rings. The molecular formula is C24H40O2. The second kappa shape index (κ2) is 21.5. The Kier molecular flexibility index (Phi) is 20.2. The zero-order chi connectivity index (χ0) is 19.1. The fraction of sp³-hybridized carbons (Fsp3) is 0.625. The molecule has 1 N–H and O–H groups in total. The molecule has 0 heterocycles. The first kappa shape index (κ1) is 24.4. The molecular weight excluding hydrogens is 320 g/mol. The molecule has 2 heteroatoms. The first-order valence-electron chi connectivity index (χ1n) is 10.6. The van der Waals surface area contributed by atoms with Crippen molar-refractivity contribution in [3.8, 4) is 0 Å². The van der Waals surface area contributed by atoms with Crippen molar-refractivity contribution in [2.24, 2.45) is 0 Å². The number of rotatable bonds is 18. The molecule has 0 aromatic carbocycles. The lowest BCUT2D eigenvalue weighted by Crippen LogP contribution is -1.93. The van der Waals surface area contributed by atoms with E-state index in [0.717, 1.165) is 51.4 Å². The fourth-order valence-corrected chi connectivity index (χ4v) is 2.63. The first-order chi connectivity index (χ1) is 12.8. The third-order valence-electron chi connectivity index (χ3n) is 4.22. The van der Waals surface area contributed by atoms with Crippen LogP contribution in [-0.4, -0.2) is 11.1 Å². The normalized spacial score (nSPS) is 12.3. The minimum Gasteiger partial charge on any atom is -0.481 e. The lowest BCUT2D eigenvalue weighted by molar-refractivity contribution is -0.137. The molecule has 0 aromatic heterocycles. The largest absolute Gasteiger partial charge is 0.481 e. The minimum absolute atomic E-state index is 0.310. The van der Waals surface area contributed by atoms with Gasteiger partial charge in [-0.05, 0) is 51.4 Å². The highest BCUT2D eigenvalue weighted by atomic mass is 16.4. The highest BCUT2D eigenvalue weighted by Gasteiger charge is 1.95. The number of carboxylic acids is 1. The summed E-state index contributed by atoms with van der Waals surface area (Å²) in [6, 6.07) is 0. The van der Waals surface area contributed by atoms with Crippen molar-refractivity contribution < 1.29 is 9.90 Å². The number of unbranched alkanes of at least 4 members (excludes halogenated alkanes) is 8. The molecule has 0 bridgehead atoms. The lowest BCUT2D eigenvalue weighted by atomic mass is 10.1. The van der Waals surface area contributed by atoms with E-state index in [4.69, 9.17) is 5.11 Å². The summed E-state index contributed by atoms with van der Waals surface area (Å²) in [5.74, 6) is -0.680. The Morgan fingerprint density at radius 2 is 1.04 bits per heavy atom. The number of hydrogen-bond donors (Lipinski definition) is 1. The maximum Gasteiger partial charge on any atom is 0.303 e. The molecule has 148 valence electrons. The second-order valence-electron chi connectivity index (χ2n) is 6.79. The third kappa shape index (κ3) is 22.4. The van der Waals surface area contributed by atoms with Gasteiger partial charge < -0.3 is 5.11 Å². The van der Waals surface area contributed by atoms with E-state index in [9.17, 15) is 4.79 Å². The molecule has 0 aliphatic rings. The number of aliphatic carboxylic acids is 1. The molecule has 0 amide bonds. The van der Waals surface area contributed by atoms with Crippen molar-refractivity contribution in [2.75, 3.05) is 0 Å². The number of hydrogen-bond acceptors (Lipinski definition) is 1. The predicted octanol–water partition coefficient (Wildman–Crippen LogP) is 7.78. The topological polar surface area (TPSA) is 37.3 Å². The van der Waals surface area contributed by atoms with Crippen LogP contribution in [0.1, 0.15) is 96.8 Å². The lowest BCUT2D eigenvalue weighted by Gasteiger charge is -1.96. The van der Waals surface area contributed by atoms with E-state index >= 15 is 0 Å². The van der Waals surface area contributed by atoms with Gasteiger partial charge in [0.2, 0.25) is 0 Å². The fourth-order valence-electron chi connectivity index (χ4n) is 2.63. The summed E-state index contributed by atoms with van der Waals surface area (Å²) in [6.45, 7) is 2.25. The van der Waals surface area contributed by atoms with Crippen molar-refractivity contribution in [3.63, 3.8) is 0 Å². The van der Waals surface area contributed by atoms with E-state index in [1.165, 1.54) is 32.1 Å². The van der Waals surface area contributed by atoms with E-state index in [-0.39, 0.29) is 0 Å². The maximum atomic E-state index is 10.4. The van der Waals surface area contributed by atoms with Crippen molar-refractivity contribution in [3.05, 3.63) is 48.6 Å². The van der Waals surface area contributed by atoms with Gasteiger partial charge in [0.05, 0.1) is 0 Å². The van der Waals surface area contributed by atoms with E-state index in [0.29, 0.717) is 6.42 Å². The average molecular weight is 361 g/mol. The summed E-state index contributed by atoms with van der Waals surface area (Å²) in [5.41, 5.74) is 0. The van der Waals surface area contributed by atoms with E-state index in [2.05, 4.69) is 55.5 Å². The van der Waals surface area contributed by atoms with Gasteiger partial charge in [-0.25, -0.2) is 0 Å². The van der Waals surface area contributed by atoms with Gasteiger partial charge in [-0.1, -0.05) is 87.6 Å². The van der Waals surface area contributed by atoms with Crippen LogP contribution in [0.25, 0.3) is 0 Å². The molecule has 0 aliphatic carbocycles. The minimum atomic E-state index is -0.680. The van der Waals surface area contributed by atoms with Gasteiger partial charge in [0.1, 0.15) is 0 Å². The zero-order valence-electron chi connectivity index (χ0n) is 16.9. The van der Waals surface area contributed by atoms with Gasteiger partial charge in [-0.3, -0.25) is 4.79 Å². The Morgan fingerprint density at radius 3 is 1.50 bits per heavy atom. The Labute approximate surface area is 161 Å². The quantitative estimate of drug-likeness (QED) is 0.200. The van der Waals surface area contributed by atoms with Crippen LogP contribution in [0, 0.1) is 0 Å². The second-order valence-corrected chi connectivity index (χ2v) is 6.79. The van der Waals surface area contributed by atoms with Gasteiger partial charge in [0.15, 0.2) is 0 Å². The molecule has 0 radical (unpaired) electrons. The van der Waals surface area contributed by atoms with Crippen LogP contribution in [0.4, 0.5) is 0 Å². The molecule has 0 saturated heterocycles. The van der Waals surface area contributed by atoms with Crippen LogP contribution < -0.4 is 0 Å². The van der Waals surface area contributed by atoms with Crippen LogP contribution in [-0.2, 0) is 4.79 Å². The van der Waals surface area contributed by atoms with Crippen molar-refractivity contribution in [2.45, 2.75) is 96.8 Å². The van der Waals surface area contributed by atoms with Gasteiger partial charge in [-0.15, -0.1) is 0 Å². The summed E-state index contributed by atoms with van der Waals surface area (Å²) < 4.78 is 0. The predicted molar refractivity (Wildman–Crippen MR) is 115 cm³/mol. The highest BCUT2D eigenvalue weighted by molar-refractivity contribution is 5.66. The van der Waals surface area contributed by atoms with E-state index in [1.807, 2.05) is 0 Å². The molecule has 0 aromatic rings. The molecule has 0 atom stereocenters. The molecule has 0 aliphatic heterocycles. The van der Waals surface area contributed by atoms with Crippen LogP contribution >= 0.6 is 0 Å². The van der Waals surface area contributed by atoms with Crippen LogP contribution in [0.2, 0.25) is 0 Å². The monoisotopic (exact) mass is 360 g/mol. The highest BCUT2D eigenvalue weighted by Crippen LogP contribution is 2.06. The number of allylic oxidation sites excluding steroid dienone is 8. The summed E-state index contributed by atoms with van der Waals surface area (Å²) >= 11 is 0. The maximum absolute atomic E-state index is 10.4. The molecule has 2 nitrogen and oxygen atoms in total. The Bertz CT molecular complexity index is 416. The van der Waals surface area contributed by atoms with E-state index in [1.54, 1.807) is 0 Å². The van der Waals surface area contributed by atoms with Crippen molar-refractivity contribution in [1.82, 2.24) is 0 Å². The summed E-state index contributed by atoms with van der Waals surface area (Å²) in [5, 5.41) is 8.55. The van der Waals surface area contributed by atoms with Gasteiger partial charge in [0, 0.05) is 6.42 Å². The Morgan fingerprint density at radius 1 is 0.615 bits per heavy atom. The zero-order valence-corrected chi connectivity index (χ0v) is 16.9. The molecule has 0 saturated carbocycles. The third-order valence-corrected chi connectivity index (χ3v) is 4.22. The Balaban J connectivity index is 3.36. The summed E-state index contributed by atoms with van der Waals surface area (Å²) in [7, 11) is 0. The summed E-state index contributed by atoms with van der Waals surface area (Å²) in [6.07, 6.45) is 33.2. The van der Waals surface area contributed by atoms with Crippen molar-refractivity contribution in [1.29, 1.82) is 0 Å². The van der Waals surface area contributed by atoms with Crippen LogP contribution in [0.15, 0.2) is 48.6 Å². The van der Waals surface area contributed by atoms with Crippen LogP contribution in [0.5, 0.6) is 0 Å². The van der Waals surface area contributed by atoms with Gasteiger partial charge >= 0.3 is 5.97 Å². The first-order valence-corrected chi connectivity index (χ1v) is 10.6. The van der Waals surface area contributed by atoms with Crippen LogP contribution in [0.3, 0.4) is 0 Å². The molecule has 0 spiro atoms. The number of carboxylic acid groups (broad SMARTS) is 1. The summed E-state index contributed by atoms with van der Waals surface area (Å²) in [4.78, 5) is 10.4. The van der Waals surface area contributed by atoms with Gasteiger partial charge in [0.25, 0.3) is 0 Å². The standard InChI is InChI=1S/C24H40O2/c1-2-3-4-5-6-7-8-9-10-11-12-13-14-15-16-17-18-19-20-21-22-23-24(25)26/h7-8,10-11,13-14,16-17H,2-6,9,12,15,18-23H2,1H3,(H,25,26)/b8-7+,11-10+,14-13+,17-16+. The molecule has 0 unspecified atom stereocenters. The SMILES string of the molecule is CCCCCC/C=C/C/C=C/C/C=C/C/C=C/CCCCCCC(=O)O. The van der Waals surface area contributed by atoms with E-state index < -0.39 is 5.97 Å².